The Kier molecular flexibility index (Phi) is 5.85. The lowest BCUT2D eigenvalue weighted by molar-refractivity contribution is -0.136. The summed E-state index contributed by atoms with van der Waals surface area (Å²) in [6.07, 6.45) is 4.23. The first-order chi connectivity index (χ1) is 12.9. The Labute approximate surface area is 160 Å². The number of rotatable bonds is 7. The molecule has 0 N–H and O–H groups in total. The van der Waals surface area contributed by atoms with E-state index in [-0.39, 0.29) is 17.7 Å². The van der Waals surface area contributed by atoms with Gasteiger partial charge >= 0.3 is 0 Å². The second-order valence-corrected chi connectivity index (χ2v) is 7.54. The van der Waals surface area contributed by atoms with Crippen molar-refractivity contribution in [2.75, 3.05) is 40.8 Å². The molecule has 3 rings (SSSR count). The molecular formula is C21H29N3O3. The molecule has 1 aliphatic rings. The number of methoxy groups -OCH3 is 1. The van der Waals surface area contributed by atoms with E-state index < -0.39 is 0 Å². The van der Waals surface area contributed by atoms with Crippen molar-refractivity contribution in [2.24, 2.45) is 5.92 Å². The number of ether oxygens (including phenoxy) is 1. The largest absolute Gasteiger partial charge is 0.497 e. The van der Waals surface area contributed by atoms with Crippen molar-refractivity contribution >= 4 is 22.7 Å². The topological polar surface area (TPSA) is 54.8 Å². The van der Waals surface area contributed by atoms with Gasteiger partial charge in [-0.05, 0) is 44.6 Å². The molecule has 0 radical (unpaired) electrons. The van der Waals surface area contributed by atoms with Gasteiger partial charge in [-0.2, -0.15) is 0 Å². The fourth-order valence-electron chi connectivity index (χ4n) is 3.54. The third-order valence-corrected chi connectivity index (χ3v) is 5.21. The van der Waals surface area contributed by atoms with Crippen LogP contribution >= 0.6 is 0 Å². The van der Waals surface area contributed by atoms with E-state index in [1.165, 1.54) is 0 Å². The van der Waals surface area contributed by atoms with Crippen molar-refractivity contribution in [1.29, 1.82) is 0 Å². The molecule has 146 valence electrons. The second-order valence-electron chi connectivity index (χ2n) is 7.54. The fourth-order valence-corrected chi connectivity index (χ4v) is 3.54. The van der Waals surface area contributed by atoms with Crippen LogP contribution in [0.15, 0.2) is 24.4 Å². The maximum Gasteiger partial charge on any atom is 0.237 e. The highest BCUT2D eigenvalue weighted by atomic mass is 16.5. The minimum atomic E-state index is -0.130. The Morgan fingerprint density at radius 3 is 2.63 bits per heavy atom. The van der Waals surface area contributed by atoms with E-state index in [4.69, 9.17) is 4.74 Å². The van der Waals surface area contributed by atoms with Gasteiger partial charge in [0.2, 0.25) is 11.8 Å². The van der Waals surface area contributed by atoms with E-state index in [2.05, 4.69) is 4.90 Å². The average Bonchev–Trinajstić information content (AvgIpc) is 2.96. The summed E-state index contributed by atoms with van der Waals surface area (Å²) in [6, 6.07) is 5.89. The number of carbonyl (C=O) groups is 2. The van der Waals surface area contributed by atoms with Crippen molar-refractivity contribution in [1.82, 2.24) is 14.4 Å². The van der Waals surface area contributed by atoms with Gasteiger partial charge in [0.05, 0.1) is 18.5 Å². The molecule has 2 aromatic rings. The summed E-state index contributed by atoms with van der Waals surface area (Å²) >= 11 is 0. The Bertz CT molecular complexity index is 835. The molecule has 1 saturated heterocycles. The average molecular weight is 371 g/mol. The summed E-state index contributed by atoms with van der Waals surface area (Å²) in [7, 11) is 5.72. The maximum absolute atomic E-state index is 13.1. The third kappa shape index (κ3) is 4.00. The summed E-state index contributed by atoms with van der Waals surface area (Å²) in [5.74, 6) is 0.814. The monoisotopic (exact) mass is 371 g/mol. The molecule has 0 aliphatic carbocycles. The highest BCUT2D eigenvalue weighted by molar-refractivity contribution is 5.97. The quantitative estimate of drug-likeness (QED) is 0.751. The van der Waals surface area contributed by atoms with Gasteiger partial charge in [-0.1, -0.05) is 6.92 Å². The van der Waals surface area contributed by atoms with E-state index in [0.717, 1.165) is 41.6 Å². The number of aromatic nitrogens is 1. The lowest BCUT2D eigenvalue weighted by Gasteiger charge is -2.38. The van der Waals surface area contributed by atoms with Crippen LogP contribution in [0.3, 0.4) is 0 Å². The van der Waals surface area contributed by atoms with Crippen LogP contribution in [-0.2, 0) is 11.2 Å². The van der Waals surface area contributed by atoms with Crippen molar-refractivity contribution in [3.8, 4) is 5.75 Å². The lowest BCUT2D eigenvalue weighted by atomic mass is 9.98. The van der Waals surface area contributed by atoms with Gasteiger partial charge in [0.15, 0.2) is 0 Å². The summed E-state index contributed by atoms with van der Waals surface area (Å²) in [5.41, 5.74) is 2.04. The molecule has 1 amide bonds. The second kappa shape index (κ2) is 8.13. The van der Waals surface area contributed by atoms with Crippen LogP contribution in [0.1, 0.15) is 30.1 Å². The molecule has 27 heavy (non-hydrogen) atoms. The number of amides is 1. The van der Waals surface area contributed by atoms with Gasteiger partial charge in [0.25, 0.3) is 0 Å². The predicted octanol–water partition coefficient (Wildman–Crippen LogP) is 2.65. The molecule has 1 aromatic carbocycles. The Morgan fingerprint density at radius 2 is 2.00 bits per heavy atom. The standard InChI is InChI=1S/C21H29N3O3/c1-5-6-20(25)23-12-16(13-23)21(26)24-14-15(9-10-22(2)3)18-8-7-17(27-4)11-19(18)24/h7-8,11,14,16H,5-6,9-10,12-13H2,1-4H3. The first-order valence-corrected chi connectivity index (χ1v) is 9.59. The summed E-state index contributed by atoms with van der Waals surface area (Å²) in [6.45, 7) is 3.96. The lowest BCUT2D eigenvalue weighted by Crippen LogP contribution is -2.54. The van der Waals surface area contributed by atoms with Crippen molar-refractivity contribution in [3.05, 3.63) is 30.0 Å². The van der Waals surface area contributed by atoms with Crippen LogP contribution in [0.25, 0.3) is 10.9 Å². The zero-order chi connectivity index (χ0) is 19.6. The number of likely N-dealkylation sites (tertiary alicyclic amines) is 1. The molecule has 0 saturated carbocycles. The smallest absolute Gasteiger partial charge is 0.237 e. The Morgan fingerprint density at radius 1 is 1.26 bits per heavy atom. The Balaban J connectivity index is 1.84. The van der Waals surface area contributed by atoms with E-state index in [1.807, 2.05) is 45.4 Å². The van der Waals surface area contributed by atoms with E-state index in [1.54, 1.807) is 16.6 Å². The number of nitrogens with zero attached hydrogens (tertiary/aromatic N) is 3. The van der Waals surface area contributed by atoms with Crippen LogP contribution < -0.4 is 4.74 Å². The number of likely N-dealkylation sites (N-methyl/N-ethyl adjacent to an activating group) is 1. The molecule has 0 spiro atoms. The number of hydrogen-bond donors (Lipinski definition) is 0. The summed E-state index contributed by atoms with van der Waals surface area (Å²) in [4.78, 5) is 29.0. The molecule has 0 atom stereocenters. The normalized spacial score (nSPS) is 14.6. The van der Waals surface area contributed by atoms with Gasteiger partial charge in [-0.25, -0.2) is 0 Å². The highest BCUT2D eigenvalue weighted by Crippen LogP contribution is 2.29. The molecule has 6 heteroatoms. The first-order valence-electron chi connectivity index (χ1n) is 9.59. The van der Waals surface area contributed by atoms with Gasteiger partial charge in [-0.3, -0.25) is 14.2 Å². The predicted molar refractivity (Wildman–Crippen MR) is 106 cm³/mol. The van der Waals surface area contributed by atoms with Crippen LogP contribution in [0.4, 0.5) is 0 Å². The molecule has 0 bridgehead atoms. The molecular weight excluding hydrogens is 342 g/mol. The van der Waals surface area contributed by atoms with Gasteiger partial charge < -0.3 is 14.5 Å². The van der Waals surface area contributed by atoms with Crippen molar-refractivity contribution in [2.45, 2.75) is 26.2 Å². The third-order valence-electron chi connectivity index (χ3n) is 5.21. The van der Waals surface area contributed by atoms with Crippen molar-refractivity contribution in [3.63, 3.8) is 0 Å². The number of fused-ring (bicyclic) bond motifs is 1. The van der Waals surface area contributed by atoms with Crippen LogP contribution in [-0.4, -0.2) is 67.0 Å². The van der Waals surface area contributed by atoms with Gasteiger partial charge in [0, 0.05) is 43.7 Å². The molecule has 2 heterocycles. The molecule has 6 nitrogen and oxygen atoms in total. The fraction of sp³-hybridized carbons (Fsp3) is 0.524. The zero-order valence-electron chi connectivity index (χ0n) is 16.7. The van der Waals surface area contributed by atoms with E-state index in [0.29, 0.717) is 19.5 Å². The van der Waals surface area contributed by atoms with E-state index in [9.17, 15) is 9.59 Å². The number of benzene rings is 1. The Hall–Kier alpha value is -2.34. The number of carbonyl (C=O) groups excluding carboxylic acids is 2. The van der Waals surface area contributed by atoms with Gasteiger partial charge in [0.1, 0.15) is 5.75 Å². The maximum atomic E-state index is 13.1. The van der Waals surface area contributed by atoms with Crippen LogP contribution in [0.2, 0.25) is 0 Å². The van der Waals surface area contributed by atoms with Crippen molar-refractivity contribution < 1.29 is 14.3 Å². The van der Waals surface area contributed by atoms with Gasteiger partial charge in [-0.15, -0.1) is 0 Å². The molecule has 1 aromatic heterocycles. The zero-order valence-corrected chi connectivity index (χ0v) is 16.7. The highest BCUT2D eigenvalue weighted by Gasteiger charge is 2.36. The molecule has 1 fully saturated rings. The molecule has 1 aliphatic heterocycles. The molecule has 0 unspecified atom stereocenters. The first kappa shape index (κ1) is 19.4. The minimum absolute atomic E-state index is 0.0601. The number of hydrogen-bond acceptors (Lipinski definition) is 4. The summed E-state index contributed by atoms with van der Waals surface area (Å²) in [5, 5.41) is 1.09. The SMILES string of the molecule is CCCC(=O)N1CC(C(=O)n2cc(CCN(C)C)c3ccc(OC)cc32)C1. The van der Waals surface area contributed by atoms with E-state index >= 15 is 0 Å². The minimum Gasteiger partial charge on any atom is -0.497 e. The summed E-state index contributed by atoms with van der Waals surface area (Å²) < 4.78 is 7.11. The van der Waals surface area contributed by atoms with Crippen LogP contribution in [0, 0.1) is 5.92 Å². The van der Waals surface area contributed by atoms with Crippen LogP contribution in [0.5, 0.6) is 5.75 Å².